The molecule has 0 saturated heterocycles. The molecule has 103 valence electrons. The summed E-state index contributed by atoms with van der Waals surface area (Å²) in [6.45, 7) is 0. The maximum absolute atomic E-state index is 11.4. The molecule has 1 aromatic carbocycles. The number of carbonyl (C=O) groups excluding carboxylic acids is 2. The third-order valence-corrected chi connectivity index (χ3v) is 2.87. The van der Waals surface area contributed by atoms with Crippen LogP contribution in [0.15, 0.2) is 34.9 Å². The molecule has 1 atom stereocenters. The first-order valence-electron chi connectivity index (χ1n) is 5.97. The van der Waals surface area contributed by atoms with Crippen molar-refractivity contribution >= 4 is 30.3 Å². The normalized spacial score (nSPS) is 11.9. The Kier molecular flexibility index (Phi) is 4.42. The van der Waals surface area contributed by atoms with Crippen molar-refractivity contribution in [2.24, 2.45) is 0 Å². The molecule has 0 saturated carbocycles. The average molecular weight is 274 g/mol. The molecule has 6 nitrogen and oxygen atoms in total. The van der Waals surface area contributed by atoms with Gasteiger partial charge in [0.05, 0.1) is 13.4 Å². The van der Waals surface area contributed by atoms with Crippen LogP contribution in [0.2, 0.25) is 0 Å². The second-order valence-electron chi connectivity index (χ2n) is 4.18. The fourth-order valence-corrected chi connectivity index (χ4v) is 1.89. The molecule has 1 aromatic heterocycles. The lowest BCUT2D eigenvalue weighted by atomic mass is 9.83. The van der Waals surface area contributed by atoms with Crippen LogP contribution < -0.4 is 5.32 Å². The summed E-state index contributed by atoms with van der Waals surface area (Å²) in [7, 11) is 1.94. The van der Waals surface area contributed by atoms with E-state index in [4.69, 9.17) is 4.42 Å². The van der Waals surface area contributed by atoms with Crippen molar-refractivity contribution < 1.29 is 23.8 Å². The summed E-state index contributed by atoms with van der Waals surface area (Å²) in [4.78, 5) is 22.4. The number of methoxy groups -OCH3 is 1. The Morgan fingerprint density at radius 2 is 2.20 bits per heavy atom. The van der Waals surface area contributed by atoms with E-state index in [2.05, 4.69) is 10.1 Å². The van der Waals surface area contributed by atoms with E-state index in [1.807, 2.05) is 24.3 Å². The van der Waals surface area contributed by atoms with Gasteiger partial charge in [0, 0.05) is 11.3 Å². The number of amides is 1. The van der Waals surface area contributed by atoms with Crippen LogP contribution in [-0.2, 0) is 20.7 Å². The van der Waals surface area contributed by atoms with Crippen LogP contribution in [0.25, 0.3) is 11.0 Å². The van der Waals surface area contributed by atoms with Crippen LogP contribution in [0.1, 0.15) is 5.56 Å². The Bertz CT molecular complexity index is 624. The third-order valence-electron chi connectivity index (χ3n) is 2.87. The fourth-order valence-electron chi connectivity index (χ4n) is 1.89. The molecule has 1 radical (unpaired) electrons. The Hall–Kier alpha value is -2.28. The molecule has 0 bridgehead atoms. The molecule has 0 aliphatic carbocycles. The minimum Gasteiger partial charge on any atom is -0.464 e. The number of esters is 1. The second kappa shape index (κ2) is 6.25. The number of furan rings is 1. The molecule has 7 heteroatoms. The van der Waals surface area contributed by atoms with Gasteiger partial charge in [0.2, 0.25) is 0 Å². The molecular formula is C13H13BNO5. The quantitative estimate of drug-likeness (QED) is 0.472. The topological polar surface area (TPSA) is 88.8 Å². The van der Waals surface area contributed by atoms with Gasteiger partial charge in [0.25, 0.3) is 0 Å². The number of hydrogen-bond acceptors (Lipinski definition) is 5. The van der Waals surface area contributed by atoms with Gasteiger partial charge in [-0.05, 0) is 18.1 Å². The first kappa shape index (κ1) is 14.1. The summed E-state index contributed by atoms with van der Waals surface area (Å²) in [5.74, 6) is -2.62. The predicted molar refractivity (Wildman–Crippen MR) is 71.8 cm³/mol. The van der Waals surface area contributed by atoms with E-state index < -0.39 is 17.8 Å². The standard InChI is InChI=1S/C13H13BNO5/c1-19-13(17)12(16)15-11(14-18)6-8-7-20-10-5-3-2-4-9(8)10/h2-5,7,11,18H,6H2,1H3,(H,15,16)/t11-/m0/s1. The van der Waals surface area contributed by atoms with E-state index in [9.17, 15) is 14.6 Å². The largest absolute Gasteiger partial charge is 0.464 e. The smallest absolute Gasteiger partial charge is 0.396 e. The number of fused-ring (bicyclic) bond motifs is 1. The maximum atomic E-state index is 11.4. The summed E-state index contributed by atoms with van der Waals surface area (Å²) in [6.07, 6.45) is 1.86. The number of rotatable bonds is 4. The number of hydrogen-bond donors (Lipinski definition) is 2. The Balaban J connectivity index is 2.10. The summed E-state index contributed by atoms with van der Waals surface area (Å²) in [5, 5.41) is 12.4. The number of benzene rings is 1. The molecular weight excluding hydrogens is 261 g/mol. The molecule has 0 spiro atoms. The highest BCUT2D eigenvalue weighted by Crippen LogP contribution is 2.21. The van der Waals surface area contributed by atoms with Crippen molar-refractivity contribution in [2.45, 2.75) is 12.4 Å². The first-order chi connectivity index (χ1) is 9.65. The van der Waals surface area contributed by atoms with E-state index in [0.29, 0.717) is 6.42 Å². The van der Waals surface area contributed by atoms with E-state index in [1.165, 1.54) is 0 Å². The van der Waals surface area contributed by atoms with Crippen LogP contribution >= 0.6 is 0 Å². The Morgan fingerprint density at radius 3 is 2.90 bits per heavy atom. The predicted octanol–water partition coefficient (Wildman–Crippen LogP) is 0.202. The van der Waals surface area contributed by atoms with Gasteiger partial charge in [-0.1, -0.05) is 18.2 Å². The van der Waals surface area contributed by atoms with Crippen molar-refractivity contribution in [3.05, 3.63) is 36.1 Å². The molecule has 2 aromatic rings. The van der Waals surface area contributed by atoms with Crippen LogP contribution in [0.5, 0.6) is 0 Å². The zero-order chi connectivity index (χ0) is 14.5. The molecule has 2 N–H and O–H groups in total. The SMILES string of the molecule is COC(=O)C(=O)N[C@H]([B]O)Cc1coc2ccccc12. The molecule has 1 heterocycles. The van der Waals surface area contributed by atoms with Crippen molar-refractivity contribution in [3.8, 4) is 0 Å². The van der Waals surface area contributed by atoms with Crippen LogP contribution in [0.4, 0.5) is 0 Å². The van der Waals surface area contributed by atoms with Crippen LogP contribution in [0.3, 0.4) is 0 Å². The van der Waals surface area contributed by atoms with Gasteiger partial charge in [0.15, 0.2) is 0 Å². The van der Waals surface area contributed by atoms with Gasteiger partial charge in [0.1, 0.15) is 5.58 Å². The average Bonchev–Trinajstić information content (AvgIpc) is 2.88. The van der Waals surface area contributed by atoms with Crippen molar-refractivity contribution in [2.75, 3.05) is 7.11 Å². The van der Waals surface area contributed by atoms with E-state index in [0.717, 1.165) is 31.1 Å². The van der Waals surface area contributed by atoms with Crippen molar-refractivity contribution in [3.63, 3.8) is 0 Å². The van der Waals surface area contributed by atoms with Gasteiger partial charge < -0.3 is 19.5 Å². The molecule has 0 unspecified atom stereocenters. The summed E-state index contributed by atoms with van der Waals surface area (Å²) in [6, 6.07) is 7.42. The minimum atomic E-state index is -1.01. The van der Waals surface area contributed by atoms with E-state index >= 15 is 0 Å². The van der Waals surface area contributed by atoms with Gasteiger partial charge in [-0.25, -0.2) is 4.79 Å². The fraction of sp³-hybridized carbons (Fsp3) is 0.231. The Morgan fingerprint density at radius 1 is 1.45 bits per heavy atom. The highest BCUT2D eigenvalue weighted by molar-refractivity contribution is 6.35. The highest BCUT2D eigenvalue weighted by Gasteiger charge is 2.21. The number of ether oxygens (including phenoxy) is 1. The number of nitrogens with one attached hydrogen (secondary N) is 1. The van der Waals surface area contributed by atoms with Gasteiger partial charge in [-0.15, -0.1) is 0 Å². The number of carbonyl (C=O) groups is 2. The molecule has 2 rings (SSSR count). The summed E-state index contributed by atoms with van der Waals surface area (Å²) >= 11 is 0. The lowest BCUT2D eigenvalue weighted by Gasteiger charge is -2.13. The zero-order valence-electron chi connectivity index (χ0n) is 10.8. The zero-order valence-corrected chi connectivity index (χ0v) is 10.8. The maximum Gasteiger partial charge on any atom is 0.396 e. The van der Waals surface area contributed by atoms with Crippen molar-refractivity contribution in [1.82, 2.24) is 5.32 Å². The molecule has 0 aliphatic heterocycles. The van der Waals surface area contributed by atoms with E-state index in [1.54, 1.807) is 6.26 Å². The first-order valence-corrected chi connectivity index (χ1v) is 5.97. The molecule has 0 aliphatic rings. The molecule has 20 heavy (non-hydrogen) atoms. The lowest BCUT2D eigenvalue weighted by molar-refractivity contribution is -0.152. The van der Waals surface area contributed by atoms with Crippen LogP contribution in [0, 0.1) is 0 Å². The summed E-state index contributed by atoms with van der Waals surface area (Å²) < 4.78 is 9.67. The van der Waals surface area contributed by atoms with Gasteiger partial charge >= 0.3 is 19.4 Å². The van der Waals surface area contributed by atoms with Crippen molar-refractivity contribution in [1.29, 1.82) is 0 Å². The third kappa shape index (κ3) is 3.00. The monoisotopic (exact) mass is 274 g/mol. The minimum absolute atomic E-state index is 0.302. The van der Waals surface area contributed by atoms with E-state index in [-0.39, 0.29) is 0 Å². The van der Waals surface area contributed by atoms with Crippen LogP contribution in [-0.4, -0.2) is 37.4 Å². The van der Waals surface area contributed by atoms with Gasteiger partial charge in [-0.2, -0.15) is 0 Å². The lowest BCUT2D eigenvalue weighted by Crippen LogP contribution is -2.44. The highest BCUT2D eigenvalue weighted by atomic mass is 16.5. The Labute approximate surface area is 116 Å². The number of para-hydroxylation sites is 1. The summed E-state index contributed by atoms with van der Waals surface area (Å²) in [5.41, 5.74) is 1.54. The molecule has 0 fully saturated rings. The van der Waals surface area contributed by atoms with Gasteiger partial charge in [-0.3, -0.25) is 4.79 Å². The molecule has 1 amide bonds. The second-order valence-corrected chi connectivity index (χ2v) is 4.18.